The van der Waals surface area contributed by atoms with Gasteiger partial charge in [0.2, 0.25) is 0 Å². The molecular weight excluding hydrogens is 456 g/mol. The summed E-state index contributed by atoms with van der Waals surface area (Å²) in [6.07, 6.45) is 0.641. The molecule has 1 heterocycles. The smallest absolute Gasteiger partial charge is 0.407 e. The maximum absolute atomic E-state index is 12.4. The zero-order valence-electron chi connectivity index (χ0n) is 15.2. The lowest BCUT2D eigenvalue weighted by Crippen LogP contribution is -2.31. The predicted octanol–water partition coefficient (Wildman–Crippen LogP) is 4.96. The fraction of sp³-hybridized carbons (Fsp3) is 0.190. The molecule has 0 aliphatic heterocycles. The van der Waals surface area contributed by atoms with Crippen molar-refractivity contribution >= 4 is 39.3 Å². The van der Waals surface area contributed by atoms with Crippen LogP contribution in [0.15, 0.2) is 58.5 Å². The molecule has 1 aromatic heterocycles. The predicted molar refractivity (Wildman–Crippen MR) is 113 cm³/mol. The minimum atomic E-state index is -1.03. The molecule has 6 nitrogen and oxygen atoms in total. The molecule has 0 saturated heterocycles. The Bertz CT molecular complexity index is 1020. The van der Waals surface area contributed by atoms with Crippen LogP contribution in [-0.4, -0.2) is 28.8 Å². The third kappa shape index (κ3) is 4.18. The summed E-state index contributed by atoms with van der Waals surface area (Å²) in [5.41, 5.74) is 4.53. The van der Waals surface area contributed by atoms with E-state index in [1.54, 1.807) is 6.20 Å². The van der Waals surface area contributed by atoms with Crippen molar-refractivity contribution in [2.75, 3.05) is 6.61 Å². The van der Waals surface area contributed by atoms with E-state index in [1.165, 1.54) is 11.3 Å². The number of benzene rings is 2. The Balaban J connectivity index is 1.47. The molecule has 3 aromatic rings. The van der Waals surface area contributed by atoms with Crippen molar-refractivity contribution in [1.82, 2.24) is 10.3 Å². The van der Waals surface area contributed by atoms with Crippen LogP contribution >= 0.6 is 27.3 Å². The maximum Gasteiger partial charge on any atom is 0.407 e. The van der Waals surface area contributed by atoms with Crippen LogP contribution in [0.2, 0.25) is 0 Å². The van der Waals surface area contributed by atoms with Gasteiger partial charge in [0.1, 0.15) is 11.6 Å². The average Bonchev–Trinajstić information content (AvgIpc) is 3.27. The second-order valence-corrected chi connectivity index (χ2v) is 9.06. The molecular formula is C21H17BrN2O4S. The first-order valence-electron chi connectivity index (χ1n) is 8.97. The van der Waals surface area contributed by atoms with E-state index >= 15 is 0 Å². The van der Waals surface area contributed by atoms with Crippen LogP contribution < -0.4 is 5.32 Å². The summed E-state index contributed by atoms with van der Waals surface area (Å²) in [7, 11) is 0. The molecule has 2 N–H and O–H groups in total. The highest BCUT2D eigenvalue weighted by molar-refractivity contribution is 9.11. The minimum absolute atomic E-state index is 0.0555. The SMILES string of the molecule is O=C(O)C[C@@H](NC(=O)OCC1c2ccccc2-c2ccccc21)c1ncc(Br)s1. The number of hydrogen-bond acceptors (Lipinski definition) is 5. The summed E-state index contributed by atoms with van der Waals surface area (Å²) >= 11 is 4.58. The number of carboxylic acid groups (broad SMARTS) is 1. The zero-order valence-corrected chi connectivity index (χ0v) is 17.6. The summed E-state index contributed by atoms with van der Waals surface area (Å²) in [5.74, 6) is -1.08. The van der Waals surface area contributed by atoms with Crippen molar-refractivity contribution in [3.05, 3.63) is 74.6 Å². The fourth-order valence-electron chi connectivity index (χ4n) is 3.59. The largest absolute Gasteiger partial charge is 0.481 e. The van der Waals surface area contributed by atoms with Gasteiger partial charge in [-0.15, -0.1) is 11.3 Å². The summed E-state index contributed by atoms with van der Waals surface area (Å²) < 4.78 is 6.26. The first-order valence-corrected chi connectivity index (χ1v) is 10.6. The maximum atomic E-state index is 12.4. The van der Waals surface area contributed by atoms with E-state index in [-0.39, 0.29) is 18.9 Å². The molecule has 1 aliphatic rings. The van der Waals surface area contributed by atoms with Gasteiger partial charge in [0, 0.05) is 5.92 Å². The molecule has 0 radical (unpaired) electrons. The summed E-state index contributed by atoms with van der Waals surface area (Å²) in [5, 5.41) is 12.3. The molecule has 0 unspecified atom stereocenters. The number of aliphatic carboxylic acids is 1. The molecule has 148 valence electrons. The van der Waals surface area contributed by atoms with E-state index in [4.69, 9.17) is 9.84 Å². The molecule has 0 saturated carbocycles. The first kappa shape index (κ1) is 19.6. The molecule has 0 spiro atoms. The number of nitrogens with zero attached hydrogens (tertiary/aromatic N) is 1. The lowest BCUT2D eigenvalue weighted by atomic mass is 9.98. The molecule has 0 bridgehead atoms. The van der Waals surface area contributed by atoms with Gasteiger partial charge in [-0.1, -0.05) is 48.5 Å². The van der Waals surface area contributed by atoms with Crippen LogP contribution in [-0.2, 0) is 9.53 Å². The number of amides is 1. The highest BCUT2D eigenvalue weighted by atomic mass is 79.9. The van der Waals surface area contributed by atoms with Gasteiger partial charge < -0.3 is 15.2 Å². The van der Waals surface area contributed by atoms with Crippen molar-refractivity contribution in [2.45, 2.75) is 18.4 Å². The van der Waals surface area contributed by atoms with Crippen molar-refractivity contribution in [2.24, 2.45) is 0 Å². The first-order chi connectivity index (χ1) is 14.0. The van der Waals surface area contributed by atoms with Crippen molar-refractivity contribution in [3.8, 4) is 11.1 Å². The van der Waals surface area contributed by atoms with Gasteiger partial charge >= 0.3 is 12.1 Å². The summed E-state index contributed by atoms with van der Waals surface area (Å²) in [6.45, 7) is 0.168. The number of rotatable bonds is 6. The third-order valence-corrected chi connectivity index (χ3v) is 6.40. The van der Waals surface area contributed by atoms with E-state index in [9.17, 15) is 9.59 Å². The van der Waals surface area contributed by atoms with E-state index in [0.29, 0.717) is 5.01 Å². The second kappa shape index (κ2) is 8.34. The molecule has 2 aromatic carbocycles. The van der Waals surface area contributed by atoms with E-state index in [2.05, 4.69) is 38.4 Å². The van der Waals surface area contributed by atoms with Crippen LogP contribution in [0.25, 0.3) is 11.1 Å². The average molecular weight is 473 g/mol. The topological polar surface area (TPSA) is 88.5 Å². The molecule has 1 atom stereocenters. The molecule has 0 fully saturated rings. The second-order valence-electron chi connectivity index (χ2n) is 6.62. The molecule has 29 heavy (non-hydrogen) atoms. The number of fused-ring (bicyclic) bond motifs is 3. The standard InChI is InChI=1S/C21H17BrN2O4S/c22-18-10-23-20(29-18)17(9-19(25)26)24-21(27)28-11-16-14-7-3-1-5-12(14)13-6-2-4-8-15(13)16/h1-8,10,16-17H,9,11H2,(H,24,27)(H,25,26)/t17-/m1/s1. The highest BCUT2D eigenvalue weighted by Crippen LogP contribution is 2.44. The van der Waals surface area contributed by atoms with Crippen LogP contribution in [0.3, 0.4) is 0 Å². The summed E-state index contributed by atoms with van der Waals surface area (Å²) in [4.78, 5) is 27.8. The van der Waals surface area contributed by atoms with Crippen LogP contribution in [0, 0.1) is 0 Å². The third-order valence-electron chi connectivity index (χ3n) is 4.81. The zero-order chi connectivity index (χ0) is 20.4. The van der Waals surface area contributed by atoms with E-state index in [0.717, 1.165) is 26.0 Å². The summed E-state index contributed by atoms with van der Waals surface area (Å²) in [6, 6.07) is 15.4. The fourth-order valence-corrected chi connectivity index (χ4v) is 4.88. The Hall–Kier alpha value is -2.71. The van der Waals surface area contributed by atoms with E-state index < -0.39 is 18.1 Å². The van der Waals surface area contributed by atoms with Crippen molar-refractivity contribution in [3.63, 3.8) is 0 Å². The normalized spacial score (nSPS) is 13.4. The van der Waals surface area contributed by atoms with Gasteiger partial charge in [0.15, 0.2) is 0 Å². The number of carbonyl (C=O) groups excluding carboxylic acids is 1. The Morgan fingerprint density at radius 2 is 1.76 bits per heavy atom. The number of halogens is 1. The number of nitrogens with one attached hydrogen (secondary N) is 1. The van der Waals surface area contributed by atoms with Gasteiger partial charge in [-0.25, -0.2) is 9.78 Å². The quantitative estimate of drug-likeness (QED) is 0.529. The van der Waals surface area contributed by atoms with Crippen molar-refractivity contribution in [1.29, 1.82) is 0 Å². The lowest BCUT2D eigenvalue weighted by molar-refractivity contribution is -0.137. The Labute approximate surface area is 179 Å². The Kier molecular flexibility index (Phi) is 5.64. The number of aromatic nitrogens is 1. The number of alkyl carbamates (subject to hydrolysis) is 1. The highest BCUT2D eigenvalue weighted by Gasteiger charge is 2.29. The van der Waals surface area contributed by atoms with E-state index in [1.807, 2.05) is 36.4 Å². The molecule has 1 amide bonds. The number of hydrogen-bond donors (Lipinski definition) is 2. The Morgan fingerprint density at radius 3 is 2.31 bits per heavy atom. The van der Waals surface area contributed by atoms with Gasteiger partial charge in [0.25, 0.3) is 0 Å². The molecule has 8 heteroatoms. The number of ether oxygens (including phenoxy) is 1. The Morgan fingerprint density at radius 1 is 1.14 bits per heavy atom. The van der Waals surface area contributed by atoms with Crippen molar-refractivity contribution < 1.29 is 19.4 Å². The lowest BCUT2D eigenvalue weighted by Gasteiger charge is -2.17. The van der Waals surface area contributed by atoms with Crippen LogP contribution in [0.4, 0.5) is 4.79 Å². The van der Waals surface area contributed by atoms with Gasteiger partial charge in [-0.2, -0.15) is 0 Å². The number of carbonyl (C=O) groups is 2. The van der Waals surface area contributed by atoms with Gasteiger partial charge in [-0.3, -0.25) is 4.79 Å². The number of carboxylic acids is 1. The van der Waals surface area contributed by atoms with Gasteiger partial charge in [-0.05, 0) is 38.2 Å². The minimum Gasteiger partial charge on any atom is -0.481 e. The number of thiazole rings is 1. The van der Waals surface area contributed by atoms with Crippen LogP contribution in [0.1, 0.15) is 34.5 Å². The molecule has 1 aliphatic carbocycles. The van der Waals surface area contributed by atoms with Gasteiger partial charge in [0.05, 0.1) is 22.4 Å². The monoisotopic (exact) mass is 472 g/mol. The molecule has 4 rings (SSSR count). The van der Waals surface area contributed by atoms with Crippen LogP contribution in [0.5, 0.6) is 0 Å².